The largest absolute Gasteiger partial charge is 0.341 e. The number of hydrogen-bond donors (Lipinski definition) is 1. The molecule has 0 aromatic heterocycles. The van der Waals surface area contributed by atoms with E-state index in [9.17, 15) is 9.59 Å². The number of amides is 2. The van der Waals surface area contributed by atoms with Gasteiger partial charge >= 0.3 is 0 Å². The van der Waals surface area contributed by atoms with E-state index >= 15 is 0 Å². The molecule has 144 valence electrons. The van der Waals surface area contributed by atoms with Gasteiger partial charge in [-0.3, -0.25) is 9.59 Å². The van der Waals surface area contributed by atoms with Crippen molar-refractivity contribution < 1.29 is 9.59 Å². The Kier molecular flexibility index (Phi) is 4.25. The summed E-state index contributed by atoms with van der Waals surface area (Å²) in [7, 11) is 0. The molecule has 1 saturated heterocycles. The molecule has 1 heterocycles. The Balaban J connectivity index is 1.27. The third-order valence-corrected chi connectivity index (χ3v) is 7.61. The number of carbonyl (C=O) groups is 2. The van der Waals surface area contributed by atoms with Crippen molar-refractivity contribution in [1.29, 1.82) is 0 Å². The summed E-state index contributed by atoms with van der Waals surface area (Å²) < 4.78 is 0. The summed E-state index contributed by atoms with van der Waals surface area (Å²) in [5.41, 5.74) is 0.749. The highest BCUT2D eigenvalue weighted by molar-refractivity contribution is 5.93. The van der Waals surface area contributed by atoms with E-state index in [1.807, 2.05) is 35.2 Å². The highest BCUT2D eigenvalue weighted by atomic mass is 16.2. The normalized spacial score (nSPS) is 37.3. The summed E-state index contributed by atoms with van der Waals surface area (Å²) in [5.74, 6) is 2.69. The van der Waals surface area contributed by atoms with Crippen molar-refractivity contribution in [3.63, 3.8) is 0 Å². The summed E-state index contributed by atoms with van der Waals surface area (Å²) in [6.07, 6.45) is 9.20. The van der Waals surface area contributed by atoms with Gasteiger partial charge in [0, 0.05) is 18.8 Å². The first-order valence-electron chi connectivity index (χ1n) is 10.8. The lowest BCUT2D eigenvalue weighted by atomic mass is 9.49. The number of rotatable bonds is 3. The SMILES string of the molecule is O=C(Nc1ccccc1)C1CCCN(C(=O)C23CC4CC(CC(C4)C2)C3)C1. The standard InChI is InChI=1S/C23H30N2O2/c26-21(24-20-6-2-1-3-7-20)19-5-4-8-25(15-19)22(27)23-12-16-9-17(13-23)11-18(10-16)14-23/h1-3,6-7,16-19H,4-5,8-15H2,(H,24,26). The lowest BCUT2D eigenvalue weighted by Gasteiger charge is -2.57. The van der Waals surface area contributed by atoms with E-state index in [0.717, 1.165) is 62.1 Å². The van der Waals surface area contributed by atoms with Gasteiger partial charge in [0.25, 0.3) is 0 Å². The zero-order valence-corrected chi connectivity index (χ0v) is 16.0. The van der Waals surface area contributed by atoms with Crippen LogP contribution in [-0.2, 0) is 9.59 Å². The predicted molar refractivity (Wildman–Crippen MR) is 105 cm³/mol. The molecule has 4 nitrogen and oxygen atoms in total. The van der Waals surface area contributed by atoms with Crippen molar-refractivity contribution in [3.8, 4) is 0 Å². The number of anilines is 1. The van der Waals surface area contributed by atoms with Gasteiger partial charge < -0.3 is 10.2 Å². The summed E-state index contributed by atoms with van der Waals surface area (Å²) in [6.45, 7) is 1.43. The molecule has 1 N–H and O–H groups in total. The fourth-order valence-electron chi connectivity index (χ4n) is 6.85. The Hall–Kier alpha value is -1.84. The van der Waals surface area contributed by atoms with Gasteiger partial charge in [-0.1, -0.05) is 18.2 Å². The molecule has 4 aliphatic carbocycles. The van der Waals surface area contributed by atoms with Crippen molar-refractivity contribution in [2.24, 2.45) is 29.1 Å². The minimum absolute atomic E-state index is 0.0595. The molecule has 2 amide bonds. The average molecular weight is 367 g/mol. The Morgan fingerprint density at radius 2 is 1.59 bits per heavy atom. The monoisotopic (exact) mass is 366 g/mol. The molecule has 5 aliphatic rings. The van der Waals surface area contributed by atoms with E-state index in [4.69, 9.17) is 0 Å². The van der Waals surface area contributed by atoms with Crippen LogP contribution in [0, 0.1) is 29.1 Å². The molecular formula is C23H30N2O2. The predicted octanol–water partition coefficient (Wildman–Crippen LogP) is 4.08. The molecule has 0 spiro atoms. The number of para-hydroxylation sites is 1. The Bertz CT molecular complexity index is 694. The fourth-order valence-corrected chi connectivity index (χ4v) is 6.85. The number of benzene rings is 1. The second-order valence-corrected chi connectivity index (χ2v) is 9.64. The van der Waals surface area contributed by atoms with Gasteiger partial charge in [-0.2, -0.15) is 0 Å². The van der Waals surface area contributed by atoms with Crippen molar-refractivity contribution in [1.82, 2.24) is 4.90 Å². The van der Waals surface area contributed by atoms with Crippen molar-refractivity contribution in [2.75, 3.05) is 18.4 Å². The molecule has 4 saturated carbocycles. The molecule has 1 aromatic carbocycles. The topological polar surface area (TPSA) is 49.4 Å². The third-order valence-electron chi connectivity index (χ3n) is 7.61. The Labute approximate surface area is 161 Å². The van der Waals surface area contributed by atoms with Gasteiger partial charge in [0.15, 0.2) is 0 Å². The van der Waals surface area contributed by atoms with Crippen LogP contribution in [0.15, 0.2) is 30.3 Å². The van der Waals surface area contributed by atoms with Crippen LogP contribution in [-0.4, -0.2) is 29.8 Å². The van der Waals surface area contributed by atoms with Crippen molar-refractivity contribution in [3.05, 3.63) is 30.3 Å². The molecule has 6 rings (SSSR count). The Morgan fingerprint density at radius 1 is 0.963 bits per heavy atom. The quantitative estimate of drug-likeness (QED) is 0.876. The van der Waals surface area contributed by atoms with Crippen LogP contribution in [0.3, 0.4) is 0 Å². The lowest BCUT2D eigenvalue weighted by molar-refractivity contribution is -0.159. The van der Waals surface area contributed by atoms with E-state index in [-0.39, 0.29) is 17.2 Å². The number of likely N-dealkylation sites (tertiary alicyclic amines) is 1. The number of nitrogens with one attached hydrogen (secondary N) is 1. The van der Waals surface area contributed by atoms with Crippen LogP contribution >= 0.6 is 0 Å². The van der Waals surface area contributed by atoms with Gasteiger partial charge in [-0.05, 0) is 81.3 Å². The number of hydrogen-bond acceptors (Lipinski definition) is 2. The molecule has 1 aliphatic heterocycles. The maximum Gasteiger partial charge on any atom is 0.229 e. The molecular weight excluding hydrogens is 336 g/mol. The molecule has 0 radical (unpaired) electrons. The lowest BCUT2D eigenvalue weighted by Crippen LogP contribution is -2.56. The zero-order valence-electron chi connectivity index (χ0n) is 16.0. The van der Waals surface area contributed by atoms with E-state index in [2.05, 4.69) is 5.32 Å². The molecule has 4 bridgehead atoms. The van der Waals surface area contributed by atoms with Gasteiger partial charge in [0.1, 0.15) is 0 Å². The average Bonchev–Trinajstić information content (AvgIpc) is 2.67. The first-order chi connectivity index (χ1) is 13.1. The number of nitrogens with zero attached hydrogens (tertiary/aromatic N) is 1. The maximum absolute atomic E-state index is 13.6. The first-order valence-corrected chi connectivity index (χ1v) is 10.8. The molecule has 1 atom stereocenters. The van der Waals surface area contributed by atoms with Crippen LogP contribution in [0.4, 0.5) is 5.69 Å². The minimum atomic E-state index is -0.0907. The van der Waals surface area contributed by atoms with Crippen LogP contribution < -0.4 is 5.32 Å². The van der Waals surface area contributed by atoms with Crippen LogP contribution in [0.2, 0.25) is 0 Å². The van der Waals surface area contributed by atoms with Crippen molar-refractivity contribution >= 4 is 17.5 Å². The second-order valence-electron chi connectivity index (χ2n) is 9.64. The molecule has 1 unspecified atom stereocenters. The highest BCUT2D eigenvalue weighted by Gasteiger charge is 2.55. The molecule has 5 fully saturated rings. The molecule has 4 heteroatoms. The van der Waals surface area contributed by atoms with E-state index < -0.39 is 0 Å². The minimum Gasteiger partial charge on any atom is -0.341 e. The van der Waals surface area contributed by atoms with E-state index in [1.54, 1.807) is 0 Å². The van der Waals surface area contributed by atoms with Crippen LogP contribution in [0.1, 0.15) is 51.4 Å². The number of carbonyl (C=O) groups excluding carboxylic acids is 2. The second kappa shape index (κ2) is 6.65. The van der Waals surface area contributed by atoms with E-state index in [0.29, 0.717) is 12.5 Å². The van der Waals surface area contributed by atoms with E-state index in [1.165, 1.54) is 19.3 Å². The fraction of sp³-hybridized carbons (Fsp3) is 0.652. The highest BCUT2D eigenvalue weighted by Crippen LogP contribution is 2.60. The van der Waals surface area contributed by atoms with Gasteiger partial charge in [-0.15, -0.1) is 0 Å². The van der Waals surface area contributed by atoms with Gasteiger partial charge in [0.05, 0.1) is 11.3 Å². The van der Waals surface area contributed by atoms with Gasteiger partial charge in [-0.25, -0.2) is 0 Å². The summed E-state index contributed by atoms with van der Waals surface area (Å²) in [5, 5.41) is 3.03. The Morgan fingerprint density at radius 3 is 2.22 bits per heavy atom. The van der Waals surface area contributed by atoms with Crippen LogP contribution in [0.25, 0.3) is 0 Å². The summed E-state index contributed by atoms with van der Waals surface area (Å²) >= 11 is 0. The summed E-state index contributed by atoms with van der Waals surface area (Å²) in [4.78, 5) is 28.4. The molecule has 27 heavy (non-hydrogen) atoms. The first kappa shape index (κ1) is 17.3. The zero-order chi connectivity index (χ0) is 18.4. The smallest absolute Gasteiger partial charge is 0.229 e. The number of piperidine rings is 1. The summed E-state index contributed by atoms with van der Waals surface area (Å²) in [6, 6.07) is 9.64. The third kappa shape index (κ3) is 3.17. The van der Waals surface area contributed by atoms with Crippen molar-refractivity contribution in [2.45, 2.75) is 51.4 Å². The van der Waals surface area contributed by atoms with Crippen LogP contribution in [0.5, 0.6) is 0 Å². The van der Waals surface area contributed by atoms with Gasteiger partial charge in [0.2, 0.25) is 11.8 Å². The molecule has 1 aromatic rings. The maximum atomic E-state index is 13.6.